The van der Waals surface area contributed by atoms with Gasteiger partial charge in [-0.2, -0.15) is 0 Å². The van der Waals surface area contributed by atoms with Crippen LogP contribution in [0.15, 0.2) is 0 Å². The Morgan fingerprint density at radius 3 is 2.15 bits per heavy atom. The molecule has 20 heavy (non-hydrogen) atoms. The van der Waals surface area contributed by atoms with E-state index in [1.165, 1.54) is 64.2 Å². The van der Waals surface area contributed by atoms with Crippen LogP contribution in [-0.4, -0.2) is 0 Å². The second kappa shape index (κ2) is 7.85. The lowest BCUT2D eigenvalue weighted by atomic mass is 9.61. The van der Waals surface area contributed by atoms with Gasteiger partial charge in [-0.15, -0.1) is 0 Å². The zero-order chi connectivity index (χ0) is 14.5. The molecule has 0 heteroatoms. The van der Waals surface area contributed by atoms with E-state index >= 15 is 0 Å². The Morgan fingerprint density at radius 2 is 1.55 bits per heavy atom. The van der Waals surface area contributed by atoms with Gasteiger partial charge in [0.25, 0.3) is 0 Å². The van der Waals surface area contributed by atoms with Gasteiger partial charge in [0, 0.05) is 0 Å². The Morgan fingerprint density at radius 1 is 0.850 bits per heavy atom. The van der Waals surface area contributed by atoms with Gasteiger partial charge in [0.2, 0.25) is 0 Å². The average Bonchev–Trinajstić information content (AvgIpc) is 2.40. The van der Waals surface area contributed by atoms with E-state index in [1.54, 1.807) is 0 Å². The molecule has 0 aliphatic heterocycles. The molecule has 0 N–H and O–H groups in total. The molecule has 2 aliphatic rings. The van der Waals surface area contributed by atoms with Crippen molar-refractivity contribution in [2.24, 2.45) is 29.6 Å². The van der Waals surface area contributed by atoms with E-state index in [2.05, 4.69) is 27.7 Å². The summed E-state index contributed by atoms with van der Waals surface area (Å²) in [6, 6.07) is 0. The zero-order valence-electron chi connectivity index (χ0n) is 14.5. The Labute approximate surface area is 128 Å². The summed E-state index contributed by atoms with van der Waals surface area (Å²) < 4.78 is 0. The summed E-state index contributed by atoms with van der Waals surface area (Å²) in [6.45, 7) is 9.67. The van der Waals surface area contributed by atoms with Crippen LogP contribution in [0, 0.1) is 35.5 Å². The molecule has 0 spiro atoms. The topological polar surface area (TPSA) is 0 Å². The van der Waals surface area contributed by atoms with Gasteiger partial charge in [-0.1, -0.05) is 66.2 Å². The van der Waals surface area contributed by atoms with Gasteiger partial charge < -0.3 is 0 Å². The van der Waals surface area contributed by atoms with Crippen molar-refractivity contribution in [3.05, 3.63) is 5.92 Å². The first-order valence-electron chi connectivity index (χ1n) is 9.42. The van der Waals surface area contributed by atoms with E-state index in [-0.39, 0.29) is 0 Å². The molecule has 0 heterocycles. The van der Waals surface area contributed by atoms with Crippen molar-refractivity contribution in [2.45, 2.75) is 91.9 Å². The van der Waals surface area contributed by atoms with Crippen molar-refractivity contribution in [3.8, 4) is 0 Å². The highest BCUT2D eigenvalue weighted by molar-refractivity contribution is 5.04. The maximum absolute atomic E-state index is 2.43. The molecule has 1 radical (unpaired) electrons. The number of rotatable bonds is 5. The van der Waals surface area contributed by atoms with Crippen molar-refractivity contribution < 1.29 is 0 Å². The van der Waals surface area contributed by atoms with Crippen LogP contribution in [0.25, 0.3) is 0 Å². The second-order valence-corrected chi connectivity index (χ2v) is 8.45. The van der Waals surface area contributed by atoms with E-state index in [9.17, 15) is 0 Å². The molecule has 2 unspecified atom stereocenters. The summed E-state index contributed by atoms with van der Waals surface area (Å²) in [6.07, 6.45) is 14.9. The molecule has 0 saturated heterocycles. The highest BCUT2D eigenvalue weighted by Gasteiger charge is 2.38. The lowest BCUT2D eigenvalue weighted by Gasteiger charge is -2.44. The third kappa shape index (κ3) is 4.50. The fourth-order valence-electron chi connectivity index (χ4n) is 5.01. The normalized spacial score (nSPS) is 30.3. The summed E-state index contributed by atoms with van der Waals surface area (Å²) in [4.78, 5) is 0. The predicted octanol–water partition coefficient (Wildman–Crippen LogP) is 6.65. The first kappa shape index (κ1) is 16.4. The van der Waals surface area contributed by atoms with Crippen molar-refractivity contribution in [2.75, 3.05) is 0 Å². The first-order valence-corrected chi connectivity index (χ1v) is 9.42. The van der Waals surface area contributed by atoms with Crippen LogP contribution >= 0.6 is 0 Å². The lowest BCUT2D eigenvalue weighted by Crippen LogP contribution is -2.34. The molecule has 2 fully saturated rings. The van der Waals surface area contributed by atoms with Crippen molar-refractivity contribution in [3.63, 3.8) is 0 Å². The Hall–Kier alpha value is 0. The Balaban J connectivity index is 2.05. The third-order valence-corrected chi connectivity index (χ3v) is 5.73. The van der Waals surface area contributed by atoms with E-state index in [4.69, 9.17) is 0 Å². The van der Waals surface area contributed by atoms with Gasteiger partial charge in [-0.3, -0.25) is 0 Å². The third-order valence-electron chi connectivity index (χ3n) is 5.73. The van der Waals surface area contributed by atoms with Crippen LogP contribution < -0.4 is 0 Å². The Bertz CT molecular complexity index is 259. The van der Waals surface area contributed by atoms with Gasteiger partial charge in [-0.25, -0.2) is 0 Å². The van der Waals surface area contributed by atoms with E-state index < -0.39 is 0 Å². The van der Waals surface area contributed by atoms with Crippen molar-refractivity contribution in [1.82, 2.24) is 0 Å². The smallest absolute Gasteiger partial charge is 0.0205 e. The molecule has 0 aromatic heterocycles. The molecule has 2 atom stereocenters. The van der Waals surface area contributed by atoms with Gasteiger partial charge in [0.05, 0.1) is 0 Å². The first-order chi connectivity index (χ1) is 9.58. The summed E-state index contributed by atoms with van der Waals surface area (Å²) in [5.74, 6) is 6.75. The highest BCUT2D eigenvalue weighted by Crippen LogP contribution is 2.48. The van der Waals surface area contributed by atoms with Crippen LogP contribution in [0.3, 0.4) is 0 Å². The quantitative estimate of drug-likeness (QED) is 0.527. The zero-order valence-corrected chi connectivity index (χ0v) is 14.5. The van der Waals surface area contributed by atoms with Gasteiger partial charge >= 0.3 is 0 Å². The fraction of sp³-hybridized carbons (Fsp3) is 0.950. The van der Waals surface area contributed by atoms with Crippen molar-refractivity contribution >= 4 is 0 Å². The Kier molecular flexibility index (Phi) is 6.43. The van der Waals surface area contributed by atoms with Crippen LogP contribution in [0.5, 0.6) is 0 Å². The molecule has 0 aromatic rings. The minimum absolute atomic E-state index is 0.852. The van der Waals surface area contributed by atoms with E-state index in [0.717, 1.165) is 29.6 Å². The maximum atomic E-state index is 2.43. The summed E-state index contributed by atoms with van der Waals surface area (Å²) in [7, 11) is 0. The fourth-order valence-corrected chi connectivity index (χ4v) is 5.01. The highest BCUT2D eigenvalue weighted by atomic mass is 14.4. The lowest BCUT2D eigenvalue weighted by molar-refractivity contribution is 0.121. The monoisotopic (exact) mass is 277 g/mol. The minimum atomic E-state index is 0.852. The summed E-state index contributed by atoms with van der Waals surface area (Å²) in [5, 5.41) is 0. The molecule has 117 valence electrons. The van der Waals surface area contributed by atoms with Crippen LogP contribution in [0.4, 0.5) is 0 Å². The second-order valence-electron chi connectivity index (χ2n) is 8.45. The van der Waals surface area contributed by atoms with Gasteiger partial charge in [0.15, 0.2) is 0 Å². The van der Waals surface area contributed by atoms with E-state index in [1.807, 2.05) is 5.92 Å². The summed E-state index contributed by atoms with van der Waals surface area (Å²) in [5.41, 5.74) is 0. The standard InChI is InChI=1S/C20H37/c1-15(2)13-18-11-8-12-19(20(18)14-16(3)4)17-9-6-5-7-10-17/h15-17,19-20H,5-14H2,1-4H3. The van der Waals surface area contributed by atoms with Gasteiger partial charge in [0.1, 0.15) is 0 Å². The predicted molar refractivity (Wildman–Crippen MR) is 89.6 cm³/mol. The molecule has 0 bridgehead atoms. The van der Waals surface area contributed by atoms with Gasteiger partial charge in [-0.05, 0) is 61.2 Å². The van der Waals surface area contributed by atoms with Crippen LogP contribution in [-0.2, 0) is 0 Å². The molecule has 0 nitrogen and oxygen atoms in total. The largest absolute Gasteiger partial charge is 0.0628 e. The number of hydrogen-bond donors (Lipinski definition) is 0. The minimum Gasteiger partial charge on any atom is -0.0628 e. The van der Waals surface area contributed by atoms with Crippen LogP contribution in [0.2, 0.25) is 0 Å². The maximum Gasteiger partial charge on any atom is -0.0205 e. The number of hydrogen-bond acceptors (Lipinski definition) is 0. The molecule has 2 saturated carbocycles. The molecule has 2 aliphatic carbocycles. The average molecular weight is 278 g/mol. The van der Waals surface area contributed by atoms with E-state index in [0.29, 0.717) is 0 Å². The summed E-state index contributed by atoms with van der Waals surface area (Å²) >= 11 is 0. The van der Waals surface area contributed by atoms with Crippen molar-refractivity contribution in [1.29, 1.82) is 0 Å². The molecular formula is C20H37. The molecular weight excluding hydrogens is 240 g/mol. The molecule has 2 rings (SSSR count). The molecule has 0 aromatic carbocycles. The SMILES string of the molecule is CC(C)C[C]1CCCC(C2CCCCC2)C1CC(C)C. The molecule has 0 amide bonds. The van der Waals surface area contributed by atoms with Crippen LogP contribution in [0.1, 0.15) is 91.9 Å².